The van der Waals surface area contributed by atoms with Crippen LogP contribution in [0.5, 0.6) is 0 Å². The number of anilines is 2. The van der Waals surface area contributed by atoms with E-state index in [4.69, 9.17) is 5.11 Å². The summed E-state index contributed by atoms with van der Waals surface area (Å²) in [5.41, 5.74) is 2.17. The van der Waals surface area contributed by atoms with Crippen LogP contribution in [0.15, 0.2) is 24.3 Å². The fourth-order valence-electron chi connectivity index (χ4n) is 2.28. The number of aliphatic hydroxyl groups excluding tert-OH is 1. The lowest BCUT2D eigenvalue weighted by Crippen LogP contribution is -2.43. The van der Waals surface area contributed by atoms with E-state index in [1.165, 1.54) is 0 Å². The average molecular weight is 250 g/mol. The minimum atomic E-state index is -0.968. The van der Waals surface area contributed by atoms with E-state index < -0.39 is 12.1 Å². The molecule has 0 bridgehead atoms. The third kappa shape index (κ3) is 2.73. The number of benzene rings is 1. The zero-order valence-electron chi connectivity index (χ0n) is 10.4. The SMILES string of the molecule is CN1CCN(CC(O)CC(=O)O)c2ccccc21. The molecule has 98 valence electrons. The molecule has 1 aromatic carbocycles. The molecule has 1 aliphatic heterocycles. The van der Waals surface area contributed by atoms with Gasteiger partial charge in [0.1, 0.15) is 0 Å². The van der Waals surface area contributed by atoms with Crippen molar-refractivity contribution in [1.29, 1.82) is 0 Å². The second-order valence-corrected chi connectivity index (χ2v) is 4.61. The summed E-state index contributed by atoms with van der Waals surface area (Å²) in [5, 5.41) is 18.4. The van der Waals surface area contributed by atoms with E-state index in [1.54, 1.807) is 0 Å². The van der Waals surface area contributed by atoms with Crippen LogP contribution in [0.1, 0.15) is 6.42 Å². The highest BCUT2D eigenvalue weighted by atomic mass is 16.4. The molecule has 0 radical (unpaired) electrons. The molecule has 0 amide bonds. The molecular formula is C13H18N2O3. The fraction of sp³-hybridized carbons (Fsp3) is 0.462. The van der Waals surface area contributed by atoms with Crippen molar-refractivity contribution in [1.82, 2.24) is 0 Å². The largest absolute Gasteiger partial charge is 0.481 e. The van der Waals surface area contributed by atoms with Crippen molar-refractivity contribution in [3.8, 4) is 0 Å². The number of carboxylic acids is 1. The van der Waals surface area contributed by atoms with Crippen molar-refractivity contribution >= 4 is 17.3 Å². The van der Waals surface area contributed by atoms with Gasteiger partial charge in [0.05, 0.1) is 23.9 Å². The van der Waals surface area contributed by atoms with Gasteiger partial charge in [0.25, 0.3) is 0 Å². The Morgan fingerprint density at radius 2 is 2.00 bits per heavy atom. The molecule has 0 aliphatic carbocycles. The fourth-order valence-corrected chi connectivity index (χ4v) is 2.28. The van der Waals surface area contributed by atoms with Gasteiger partial charge in [-0.1, -0.05) is 12.1 Å². The van der Waals surface area contributed by atoms with Crippen LogP contribution in [0, 0.1) is 0 Å². The highest BCUT2D eigenvalue weighted by Gasteiger charge is 2.22. The van der Waals surface area contributed by atoms with Crippen molar-refractivity contribution in [2.24, 2.45) is 0 Å². The standard InChI is InChI=1S/C13H18N2O3/c1-14-6-7-15(9-10(16)8-13(17)18)12-5-3-2-4-11(12)14/h2-5,10,16H,6-9H2,1H3,(H,17,18). The number of aliphatic carboxylic acids is 1. The zero-order chi connectivity index (χ0) is 13.1. The van der Waals surface area contributed by atoms with E-state index in [9.17, 15) is 9.90 Å². The van der Waals surface area contributed by atoms with E-state index in [0.717, 1.165) is 24.5 Å². The van der Waals surface area contributed by atoms with Crippen LogP contribution in [-0.4, -0.2) is 49.0 Å². The van der Waals surface area contributed by atoms with Gasteiger partial charge in [-0.2, -0.15) is 0 Å². The van der Waals surface area contributed by atoms with Crippen molar-refractivity contribution in [2.75, 3.05) is 36.5 Å². The predicted molar refractivity (Wildman–Crippen MR) is 70.2 cm³/mol. The van der Waals surface area contributed by atoms with E-state index in [1.807, 2.05) is 36.2 Å². The minimum absolute atomic E-state index is 0.214. The number of hydrogen-bond acceptors (Lipinski definition) is 4. The maximum atomic E-state index is 10.6. The monoisotopic (exact) mass is 250 g/mol. The lowest BCUT2D eigenvalue weighted by Gasteiger charge is -2.37. The summed E-state index contributed by atoms with van der Waals surface area (Å²) in [6.07, 6.45) is -1.05. The number of para-hydroxylation sites is 2. The molecule has 5 heteroatoms. The van der Waals surface area contributed by atoms with Crippen molar-refractivity contribution in [3.05, 3.63) is 24.3 Å². The molecule has 0 spiro atoms. The van der Waals surface area contributed by atoms with Gasteiger partial charge in [-0.25, -0.2) is 0 Å². The van der Waals surface area contributed by atoms with Crippen molar-refractivity contribution < 1.29 is 15.0 Å². The van der Waals surface area contributed by atoms with Gasteiger partial charge in [-0.15, -0.1) is 0 Å². The Labute approximate surface area is 106 Å². The van der Waals surface area contributed by atoms with Gasteiger partial charge in [-0.05, 0) is 12.1 Å². The second-order valence-electron chi connectivity index (χ2n) is 4.61. The van der Waals surface area contributed by atoms with Crippen LogP contribution < -0.4 is 9.80 Å². The number of hydrogen-bond donors (Lipinski definition) is 2. The third-order valence-electron chi connectivity index (χ3n) is 3.18. The third-order valence-corrected chi connectivity index (χ3v) is 3.18. The van der Waals surface area contributed by atoms with Gasteiger partial charge in [0, 0.05) is 26.7 Å². The van der Waals surface area contributed by atoms with E-state index in [0.29, 0.717) is 6.54 Å². The molecule has 2 rings (SSSR count). The van der Waals surface area contributed by atoms with E-state index in [-0.39, 0.29) is 6.42 Å². The summed E-state index contributed by atoms with van der Waals surface area (Å²) in [5.74, 6) is -0.968. The average Bonchev–Trinajstić information content (AvgIpc) is 2.32. The number of rotatable bonds is 4. The Morgan fingerprint density at radius 3 is 2.67 bits per heavy atom. The molecule has 5 nitrogen and oxygen atoms in total. The number of carbonyl (C=O) groups is 1. The summed E-state index contributed by atoms with van der Waals surface area (Å²) < 4.78 is 0. The maximum absolute atomic E-state index is 10.6. The summed E-state index contributed by atoms with van der Waals surface area (Å²) in [6.45, 7) is 2.03. The number of carboxylic acid groups (broad SMARTS) is 1. The predicted octanol–water partition coefficient (Wildman–Crippen LogP) is 0.778. The highest BCUT2D eigenvalue weighted by Crippen LogP contribution is 2.31. The second kappa shape index (κ2) is 5.27. The molecule has 1 atom stereocenters. The van der Waals surface area contributed by atoms with Gasteiger partial charge in [0.2, 0.25) is 0 Å². The molecule has 1 aromatic rings. The van der Waals surface area contributed by atoms with E-state index in [2.05, 4.69) is 4.90 Å². The van der Waals surface area contributed by atoms with E-state index >= 15 is 0 Å². The molecule has 0 aromatic heterocycles. The van der Waals surface area contributed by atoms with Crippen LogP contribution in [0.4, 0.5) is 11.4 Å². The first-order chi connectivity index (χ1) is 8.58. The summed E-state index contributed by atoms with van der Waals surface area (Å²) in [7, 11) is 2.03. The number of fused-ring (bicyclic) bond motifs is 1. The Balaban J connectivity index is 2.11. The molecule has 1 aliphatic rings. The molecule has 0 saturated carbocycles. The highest BCUT2D eigenvalue weighted by molar-refractivity contribution is 5.73. The minimum Gasteiger partial charge on any atom is -0.481 e. The number of β-amino-alcohol motifs (C(OH)–C–C–N with tert-alkyl or cyclic N) is 1. The van der Waals surface area contributed by atoms with Gasteiger partial charge in [-0.3, -0.25) is 4.79 Å². The van der Waals surface area contributed by atoms with Crippen LogP contribution in [0.3, 0.4) is 0 Å². The van der Waals surface area contributed by atoms with Gasteiger partial charge < -0.3 is 20.0 Å². The first kappa shape index (κ1) is 12.7. The molecule has 1 unspecified atom stereocenters. The smallest absolute Gasteiger partial charge is 0.306 e. The molecule has 1 heterocycles. The Bertz CT molecular complexity index is 436. The van der Waals surface area contributed by atoms with Crippen LogP contribution in [0.2, 0.25) is 0 Å². The van der Waals surface area contributed by atoms with Gasteiger partial charge in [0.15, 0.2) is 0 Å². The summed E-state index contributed by atoms with van der Waals surface area (Å²) in [6, 6.07) is 7.96. The van der Waals surface area contributed by atoms with Crippen LogP contribution >= 0.6 is 0 Å². The Morgan fingerprint density at radius 1 is 1.33 bits per heavy atom. The number of nitrogens with zero attached hydrogens (tertiary/aromatic N) is 2. The molecular weight excluding hydrogens is 232 g/mol. The van der Waals surface area contributed by atoms with Crippen molar-refractivity contribution in [3.63, 3.8) is 0 Å². The zero-order valence-corrected chi connectivity index (χ0v) is 10.4. The first-order valence-corrected chi connectivity index (χ1v) is 6.03. The van der Waals surface area contributed by atoms with Crippen molar-refractivity contribution in [2.45, 2.75) is 12.5 Å². The number of aliphatic hydroxyl groups is 1. The van der Waals surface area contributed by atoms with Gasteiger partial charge >= 0.3 is 5.97 Å². The first-order valence-electron chi connectivity index (χ1n) is 6.03. The molecule has 2 N–H and O–H groups in total. The summed E-state index contributed by atoms with van der Waals surface area (Å²) in [4.78, 5) is 14.8. The Kier molecular flexibility index (Phi) is 3.72. The topological polar surface area (TPSA) is 64.0 Å². The molecule has 0 saturated heterocycles. The molecule has 0 fully saturated rings. The quantitative estimate of drug-likeness (QED) is 0.826. The lowest BCUT2D eigenvalue weighted by molar-refractivity contribution is -0.139. The summed E-state index contributed by atoms with van der Waals surface area (Å²) >= 11 is 0. The normalized spacial score (nSPS) is 16.3. The number of likely N-dealkylation sites (N-methyl/N-ethyl adjacent to an activating group) is 1. The maximum Gasteiger partial charge on any atom is 0.306 e. The lowest BCUT2D eigenvalue weighted by atomic mass is 10.1. The van der Waals surface area contributed by atoms with Crippen LogP contribution in [-0.2, 0) is 4.79 Å². The van der Waals surface area contributed by atoms with Crippen LogP contribution in [0.25, 0.3) is 0 Å². The molecule has 18 heavy (non-hydrogen) atoms. The Hall–Kier alpha value is -1.75.